The molecule has 6 nitrogen and oxygen atoms in total. The second-order valence-corrected chi connectivity index (χ2v) is 7.04. The van der Waals surface area contributed by atoms with Gasteiger partial charge in [-0.2, -0.15) is 4.68 Å². The van der Waals surface area contributed by atoms with Crippen molar-refractivity contribution >= 4 is 16.8 Å². The van der Waals surface area contributed by atoms with Crippen molar-refractivity contribution in [1.29, 1.82) is 0 Å². The van der Waals surface area contributed by atoms with E-state index < -0.39 is 5.91 Å². The lowest BCUT2D eigenvalue weighted by Crippen LogP contribution is -2.35. The molecule has 0 fully saturated rings. The van der Waals surface area contributed by atoms with E-state index in [1.165, 1.54) is 4.68 Å². The Bertz CT molecular complexity index is 1420. The quantitative estimate of drug-likeness (QED) is 0.485. The van der Waals surface area contributed by atoms with Crippen LogP contribution in [0.15, 0.2) is 108 Å². The molecule has 2 aromatic heterocycles. The summed E-state index contributed by atoms with van der Waals surface area (Å²) in [6.45, 7) is 0. The summed E-state index contributed by atoms with van der Waals surface area (Å²) in [5.74, 6) is -0.0166. The monoisotopic (exact) mass is 406 g/mol. The lowest BCUT2D eigenvalue weighted by atomic mass is 10.2. The Kier molecular flexibility index (Phi) is 4.65. The van der Waals surface area contributed by atoms with Gasteiger partial charge >= 0.3 is 0 Å². The van der Waals surface area contributed by atoms with Crippen LogP contribution in [0.1, 0.15) is 10.4 Å². The number of fused-ring (bicyclic) bond motifs is 1. The maximum absolute atomic E-state index is 13.2. The van der Waals surface area contributed by atoms with Crippen molar-refractivity contribution < 1.29 is 4.79 Å². The van der Waals surface area contributed by atoms with Crippen molar-refractivity contribution in [1.82, 2.24) is 14.2 Å². The standard InChI is InChI=1S/C25H18N4O2/c30-24(19-12-14-20(15-13-19)28-16-6-7-17-28)27-29-23(18-8-2-1-3-9-18)26-22-11-5-4-10-21(22)25(29)31/h1-17H,(H,27,30). The zero-order valence-corrected chi connectivity index (χ0v) is 16.5. The van der Waals surface area contributed by atoms with Crippen LogP contribution in [0.3, 0.4) is 0 Å². The fourth-order valence-electron chi connectivity index (χ4n) is 3.47. The summed E-state index contributed by atoms with van der Waals surface area (Å²) in [5, 5.41) is 0.436. The van der Waals surface area contributed by atoms with Gasteiger partial charge in [0.05, 0.1) is 10.9 Å². The van der Waals surface area contributed by atoms with Gasteiger partial charge in [-0.1, -0.05) is 42.5 Å². The maximum Gasteiger partial charge on any atom is 0.280 e. The minimum Gasteiger partial charge on any atom is -0.324 e. The summed E-state index contributed by atoms with van der Waals surface area (Å²) in [6.07, 6.45) is 3.86. The van der Waals surface area contributed by atoms with Crippen LogP contribution in [0, 0.1) is 0 Å². The van der Waals surface area contributed by atoms with Crippen molar-refractivity contribution in [3.63, 3.8) is 0 Å². The smallest absolute Gasteiger partial charge is 0.280 e. The van der Waals surface area contributed by atoms with Crippen LogP contribution in [0.2, 0.25) is 0 Å². The fraction of sp³-hybridized carbons (Fsp3) is 0. The number of nitrogens with one attached hydrogen (secondary N) is 1. The van der Waals surface area contributed by atoms with Gasteiger partial charge in [0.15, 0.2) is 5.82 Å². The molecule has 0 saturated heterocycles. The summed E-state index contributed by atoms with van der Waals surface area (Å²) < 4.78 is 3.17. The highest BCUT2D eigenvalue weighted by molar-refractivity contribution is 6.00. The van der Waals surface area contributed by atoms with Gasteiger partial charge < -0.3 is 4.57 Å². The van der Waals surface area contributed by atoms with Gasteiger partial charge in [-0.3, -0.25) is 15.0 Å². The molecule has 5 aromatic rings. The van der Waals surface area contributed by atoms with E-state index in [0.717, 1.165) is 11.3 Å². The van der Waals surface area contributed by atoms with E-state index >= 15 is 0 Å². The molecule has 0 unspecified atom stereocenters. The average Bonchev–Trinajstić information content (AvgIpc) is 3.36. The molecule has 0 aliphatic rings. The number of amides is 1. The molecule has 0 bridgehead atoms. The minimum atomic E-state index is -0.393. The molecule has 5 rings (SSSR count). The number of hydrogen-bond donors (Lipinski definition) is 1. The third kappa shape index (κ3) is 3.51. The van der Waals surface area contributed by atoms with Crippen LogP contribution >= 0.6 is 0 Å². The lowest BCUT2D eigenvalue weighted by Gasteiger charge is -2.15. The number of hydrogen-bond acceptors (Lipinski definition) is 3. The molecule has 0 saturated carbocycles. The predicted molar refractivity (Wildman–Crippen MR) is 121 cm³/mol. The van der Waals surface area contributed by atoms with Gasteiger partial charge in [-0.05, 0) is 48.5 Å². The summed E-state index contributed by atoms with van der Waals surface area (Å²) >= 11 is 0. The molecule has 0 radical (unpaired) electrons. The number of carbonyl (C=O) groups excluding carboxylic acids is 1. The molecule has 2 heterocycles. The first-order valence-corrected chi connectivity index (χ1v) is 9.83. The molecular weight excluding hydrogens is 388 g/mol. The Morgan fingerprint density at radius 2 is 1.45 bits per heavy atom. The third-order valence-electron chi connectivity index (χ3n) is 5.05. The van der Waals surface area contributed by atoms with E-state index in [9.17, 15) is 9.59 Å². The van der Waals surface area contributed by atoms with E-state index in [-0.39, 0.29) is 5.56 Å². The summed E-state index contributed by atoms with van der Waals surface area (Å²) in [4.78, 5) is 30.8. The molecule has 6 heteroatoms. The SMILES string of the molecule is O=C(Nn1c(-c2ccccc2)nc2ccccc2c1=O)c1ccc(-n2cccc2)cc1. The molecular formula is C25H18N4O2. The lowest BCUT2D eigenvalue weighted by molar-refractivity contribution is 0.101. The topological polar surface area (TPSA) is 68.9 Å². The number of rotatable bonds is 4. The van der Waals surface area contributed by atoms with Gasteiger partial charge in [0, 0.05) is 29.2 Å². The van der Waals surface area contributed by atoms with Crippen molar-refractivity contribution in [2.75, 3.05) is 5.43 Å². The van der Waals surface area contributed by atoms with E-state index in [2.05, 4.69) is 10.4 Å². The number of aromatic nitrogens is 3. The Labute approximate surface area is 178 Å². The molecule has 0 spiro atoms. The van der Waals surface area contributed by atoms with Gasteiger partial charge in [-0.15, -0.1) is 0 Å². The Morgan fingerprint density at radius 1 is 0.774 bits per heavy atom. The largest absolute Gasteiger partial charge is 0.324 e. The van der Waals surface area contributed by atoms with Crippen molar-refractivity contribution in [2.45, 2.75) is 0 Å². The van der Waals surface area contributed by atoms with Gasteiger partial charge in [0.25, 0.3) is 11.5 Å². The van der Waals surface area contributed by atoms with Crippen LogP contribution in [0.5, 0.6) is 0 Å². The molecule has 1 amide bonds. The van der Waals surface area contributed by atoms with E-state index in [0.29, 0.717) is 22.3 Å². The molecule has 3 aromatic carbocycles. The number of nitrogens with zero attached hydrogens (tertiary/aromatic N) is 3. The van der Waals surface area contributed by atoms with E-state index in [4.69, 9.17) is 0 Å². The zero-order chi connectivity index (χ0) is 21.2. The van der Waals surface area contributed by atoms with Crippen LogP contribution < -0.4 is 11.0 Å². The Morgan fingerprint density at radius 3 is 2.19 bits per heavy atom. The Hall–Kier alpha value is -4.45. The van der Waals surface area contributed by atoms with Crippen molar-refractivity contribution in [2.24, 2.45) is 0 Å². The van der Waals surface area contributed by atoms with Gasteiger partial charge in [0.2, 0.25) is 0 Å². The second kappa shape index (κ2) is 7.76. The molecule has 0 atom stereocenters. The number of benzene rings is 3. The van der Waals surface area contributed by atoms with Crippen LogP contribution in [-0.2, 0) is 0 Å². The first-order valence-electron chi connectivity index (χ1n) is 9.83. The minimum absolute atomic E-state index is 0.332. The molecule has 0 aliphatic heterocycles. The van der Waals surface area contributed by atoms with Crippen LogP contribution in [0.25, 0.3) is 28.0 Å². The van der Waals surface area contributed by atoms with Gasteiger partial charge in [0.1, 0.15) is 0 Å². The summed E-state index contributed by atoms with van der Waals surface area (Å²) in [7, 11) is 0. The molecule has 150 valence electrons. The van der Waals surface area contributed by atoms with E-state index in [1.54, 1.807) is 30.3 Å². The first-order chi connectivity index (χ1) is 15.2. The number of carbonyl (C=O) groups is 1. The molecule has 31 heavy (non-hydrogen) atoms. The first kappa shape index (κ1) is 18.6. The predicted octanol–water partition coefficient (Wildman–Crippen LogP) is 4.24. The van der Waals surface area contributed by atoms with E-state index in [1.807, 2.05) is 77.6 Å². The van der Waals surface area contributed by atoms with Crippen LogP contribution in [-0.4, -0.2) is 20.1 Å². The second-order valence-electron chi connectivity index (χ2n) is 7.04. The molecule has 1 N–H and O–H groups in total. The average molecular weight is 406 g/mol. The third-order valence-corrected chi connectivity index (χ3v) is 5.05. The maximum atomic E-state index is 13.2. The van der Waals surface area contributed by atoms with Crippen LogP contribution in [0.4, 0.5) is 0 Å². The van der Waals surface area contributed by atoms with Crippen molar-refractivity contribution in [3.05, 3.63) is 119 Å². The highest BCUT2D eigenvalue weighted by Crippen LogP contribution is 2.18. The summed E-state index contributed by atoms with van der Waals surface area (Å²) in [5.41, 5.74) is 5.09. The highest BCUT2D eigenvalue weighted by Gasteiger charge is 2.15. The molecule has 0 aliphatic carbocycles. The van der Waals surface area contributed by atoms with Crippen molar-refractivity contribution in [3.8, 4) is 17.1 Å². The number of para-hydroxylation sites is 1. The zero-order valence-electron chi connectivity index (χ0n) is 16.5. The normalized spacial score (nSPS) is 10.8. The summed E-state index contributed by atoms with van der Waals surface area (Å²) in [6, 6.07) is 27.5. The Balaban J connectivity index is 1.56. The fourth-order valence-corrected chi connectivity index (χ4v) is 3.47. The van der Waals surface area contributed by atoms with Gasteiger partial charge in [-0.25, -0.2) is 4.98 Å². The highest BCUT2D eigenvalue weighted by atomic mass is 16.2.